The van der Waals surface area contributed by atoms with E-state index in [1.807, 2.05) is 0 Å². The maximum atomic E-state index is 12.2. The van der Waals surface area contributed by atoms with Gasteiger partial charge in [-0.3, -0.25) is 19.8 Å². The molecule has 2 aromatic carbocycles. The highest BCUT2D eigenvalue weighted by Crippen LogP contribution is 2.19. The lowest BCUT2D eigenvalue weighted by atomic mass is 10.00. The number of fused-ring (bicyclic) bond motifs is 1. The van der Waals surface area contributed by atoms with Crippen LogP contribution in [0.15, 0.2) is 42.5 Å². The Bertz CT molecular complexity index is 820. The van der Waals surface area contributed by atoms with Crippen LogP contribution in [0.4, 0.5) is 5.69 Å². The second-order valence-corrected chi connectivity index (χ2v) is 6.66. The summed E-state index contributed by atoms with van der Waals surface area (Å²) in [6.45, 7) is 5.18. The molecule has 0 atom stereocenters. The number of nitro benzene ring substituents is 1. The van der Waals surface area contributed by atoms with Gasteiger partial charge in [-0.15, -0.1) is 0 Å². The van der Waals surface area contributed by atoms with Gasteiger partial charge < -0.3 is 5.32 Å². The molecule has 1 N–H and O–H groups in total. The van der Waals surface area contributed by atoms with E-state index in [0.717, 1.165) is 32.5 Å². The number of carbonyl (C=O) groups is 1. The number of amides is 1. The third-order valence-corrected chi connectivity index (χ3v) is 4.80. The molecule has 26 heavy (non-hydrogen) atoms. The molecule has 1 amide bonds. The molecule has 2 aromatic rings. The van der Waals surface area contributed by atoms with E-state index in [9.17, 15) is 14.9 Å². The number of nitrogens with one attached hydrogen (secondary N) is 1. The average molecular weight is 353 g/mol. The van der Waals surface area contributed by atoms with Crippen molar-refractivity contribution < 1.29 is 9.72 Å². The largest absolute Gasteiger partial charge is 0.352 e. The predicted molar refractivity (Wildman–Crippen MR) is 100 cm³/mol. The van der Waals surface area contributed by atoms with Gasteiger partial charge in [-0.2, -0.15) is 0 Å². The highest BCUT2D eigenvalue weighted by Gasteiger charge is 2.16. The van der Waals surface area contributed by atoms with Gasteiger partial charge in [0, 0.05) is 43.4 Å². The van der Waals surface area contributed by atoms with Crippen molar-refractivity contribution in [2.45, 2.75) is 26.3 Å². The van der Waals surface area contributed by atoms with E-state index in [-0.39, 0.29) is 11.6 Å². The van der Waals surface area contributed by atoms with Gasteiger partial charge in [0.2, 0.25) is 0 Å². The Balaban J connectivity index is 1.45. The summed E-state index contributed by atoms with van der Waals surface area (Å²) in [5, 5.41) is 13.7. The van der Waals surface area contributed by atoms with E-state index in [1.165, 1.54) is 23.3 Å². The number of nitrogens with zero attached hydrogens (tertiary/aromatic N) is 2. The van der Waals surface area contributed by atoms with E-state index in [4.69, 9.17) is 0 Å². The molecule has 136 valence electrons. The van der Waals surface area contributed by atoms with Crippen LogP contribution < -0.4 is 5.32 Å². The highest BCUT2D eigenvalue weighted by molar-refractivity contribution is 5.94. The quantitative estimate of drug-likeness (QED) is 0.492. The van der Waals surface area contributed by atoms with Gasteiger partial charge in [0.25, 0.3) is 11.6 Å². The fourth-order valence-corrected chi connectivity index (χ4v) is 3.35. The number of hydrogen-bond donors (Lipinski definition) is 1. The first-order valence-electron chi connectivity index (χ1n) is 8.87. The second-order valence-electron chi connectivity index (χ2n) is 6.66. The minimum atomic E-state index is -0.437. The standard InChI is InChI=1S/C20H23N3O3/c1-15-13-17(7-8-19(15)23(25)26)20(24)21-10-4-11-22-12-9-16-5-2-3-6-18(16)14-22/h2-3,5-8,13H,4,9-12,14H2,1H3,(H,21,24). The minimum absolute atomic E-state index is 0.0342. The Kier molecular flexibility index (Phi) is 5.63. The summed E-state index contributed by atoms with van der Waals surface area (Å²) in [5.74, 6) is -0.188. The fourth-order valence-electron chi connectivity index (χ4n) is 3.35. The number of nitro groups is 1. The van der Waals surface area contributed by atoms with Crippen LogP contribution in [0.1, 0.15) is 33.5 Å². The van der Waals surface area contributed by atoms with E-state index in [1.54, 1.807) is 13.0 Å². The summed E-state index contributed by atoms with van der Waals surface area (Å²) >= 11 is 0. The van der Waals surface area contributed by atoms with Gasteiger partial charge in [-0.25, -0.2) is 0 Å². The molecule has 0 radical (unpaired) electrons. The minimum Gasteiger partial charge on any atom is -0.352 e. The normalized spacial score (nSPS) is 13.9. The first kappa shape index (κ1) is 18.1. The van der Waals surface area contributed by atoms with Gasteiger partial charge in [0.15, 0.2) is 0 Å². The molecule has 1 aliphatic heterocycles. The monoisotopic (exact) mass is 353 g/mol. The van der Waals surface area contributed by atoms with Crippen LogP contribution in [0.2, 0.25) is 0 Å². The van der Waals surface area contributed by atoms with E-state index < -0.39 is 4.92 Å². The van der Waals surface area contributed by atoms with Crippen molar-refractivity contribution in [1.29, 1.82) is 0 Å². The molecular weight excluding hydrogens is 330 g/mol. The first-order valence-corrected chi connectivity index (χ1v) is 8.87. The van der Waals surface area contributed by atoms with Crippen LogP contribution in [0.3, 0.4) is 0 Å². The Hall–Kier alpha value is -2.73. The van der Waals surface area contributed by atoms with Crippen molar-refractivity contribution in [3.05, 3.63) is 74.8 Å². The molecule has 0 spiro atoms. The van der Waals surface area contributed by atoms with E-state index in [2.05, 4.69) is 34.5 Å². The van der Waals surface area contributed by atoms with Crippen molar-refractivity contribution in [1.82, 2.24) is 10.2 Å². The molecule has 1 heterocycles. The van der Waals surface area contributed by atoms with Gasteiger partial charge >= 0.3 is 0 Å². The van der Waals surface area contributed by atoms with Crippen molar-refractivity contribution in [2.24, 2.45) is 0 Å². The van der Waals surface area contributed by atoms with E-state index in [0.29, 0.717) is 17.7 Å². The van der Waals surface area contributed by atoms with Crippen LogP contribution in [0, 0.1) is 17.0 Å². The number of hydrogen-bond acceptors (Lipinski definition) is 4. The summed E-state index contributed by atoms with van der Waals surface area (Å²) in [5.41, 5.74) is 3.82. The Morgan fingerprint density at radius 2 is 2.00 bits per heavy atom. The maximum Gasteiger partial charge on any atom is 0.272 e. The molecular formula is C20H23N3O3. The molecule has 0 saturated heterocycles. The molecule has 6 heteroatoms. The molecule has 0 bridgehead atoms. The summed E-state index contributed by atoms with van der Waals surface area (Å²) < 4.78 is 0. The van der Waals surface area contributed by atoms with Gasteiger partial charge in [-0.1, -0.05) is 24.3 Å². The zero-order chi connectivity index (χ0) is 18.5. The van der Waals surface area contributed by atoms with Crippen molar-refractivity contribution >= 4 is 11.6 Å². The lowest BCUT2D eigenvalue weighted by Gasteiger charge is -2.28. The zero-order valence-corrected chi connectivity index (χ0v) is 14.9. The Morgan fingerprint density at radius 3 is 2.73 bits per heavy atom. The second kappa shape index (κ2) is 8.10. The van der Waals surface area contributed by atoms with Crippen LogP contribution >= 0.6 is 0 Å². The van der Waals surface area contributed by atoms with Crippen LogP contribution in [-0.2, 0) is 13.0 Å². The number of rotatable bonds is 6. The SMILES string of the molecule is Cc1cc(C(=O)NCCCN2CCc3ccccc3C2)ccc1[N+](=O)[O-]. The molecule has 0 fully saturated rings. The van der Waals surface area contributed by atoms with Gasteiger partial charge in [0.05, 0.1) is 4.92 Å². The third-order valence-electron chi connectivity index (χ3n) is 4.80. The van der Waals surface area contributed by atoms with Crippen molar-refractivity contribution in [3.63, 3.8) is 0 Å². The zero-order valence-electron chi connectivity index (χ0n) is 14.9. The smallest absolute Gasteiger partial charge is 0.272 e. The lowest BCUT2D eigenvalue weighted by molar-refractivity contribution is -0.385. The predicted octanol–water partition coefficient (Wildman–Crippen LogP) is 3.08. The summed E-state index contributed by atoms with van der Waals surface area (Å²) in [6.07, 6.45) is 1.95. The number of carbonyl (C=O) groups excluding carboxylic acids is 1. The van der Waals surface area contributed by atoms with Crippen molar-refractivity contribution in [3.8, 4) is 0 Å². The van der Waals surface area contributed by atoms with Gasteiger partial charge in [-0.05, 0) is 43.0 Å². The topological polar surface area (TPSA) is 75.5 Å². The molecule has 0 aliphatic carbocycles. The molecule has 3 rings (SSSR count). The molecule has 1 aliphatic rings. The molecule has 0 unspecified atom stereocenters. The number of aryl methyl sites for hydroxylation is 1. The van der Waals surface area contributed by atoms with Crippen molar-refractivity contribution in [2.75, 3.05) is 19.6 Å². The summed E-state index contributed by atoms with van der Waals surface area (Å²) in [6, 6.07) is 13.0. The Morgan fingerprint density at radius 1 is 1.23 bits per heavy atom. The highest BCUT2D eigenvalue weighted by atomic mass is 16.6. The summed E-state index contributed by atoms with van der Waals surface area (Å²) in [7, 11) is 0. The summed E-state index contributed by atoms with van der Waals surface area (Å²) in [4.78, 5) is 25.0. The first-order chi connectivity index (χ1) is 12.5. The van der Waals surface area contributed by atoms with Crippen LogP contribution in [0.25, 0.3) is 0 Å². The molecule has 0 aromatic heterocycles. The van der Waals surface area contributed by atoms with Crippen LogP contribution in [-0.4, -0.2) is 35.4 Å². The van der Waals surface area contributed by atoms with Gasteiger partial charge in [0.1, 0.15) is 0 Å². The average Bonchev–Trinajstić information content (AvgIpc) is 2.64. The molecule has 0 saturated carbocycles. The maximum absolute atomic E-state index is 12.2. The number of benzene rings is 2. The third kappa shape index (κ3) is 4.26. The molecule has 6 nitrogen and oxygen atoms in total. The lowest BCUT2D eigenvalue weighted by Crippen LogP contribution is -2.33. The van der Waals surface area contributed by atoms with Crippen LogP contribution in [0.5, 0.6) is 0 Å². The van der Waals surface area contributed by atoms with E-state index >= 15 is 0 Å². The fraction of sp³-hybridized carbons (Fsp3) is 0.350. The Labute approximate surface area is 153 Å².